The Bertz CT molecular complexity index is 979. The Morgan fingerprint density at radius 3 is 2.65 bits per heavy atom. The molecular formula is C18H15N5O3. The van der Waals surface area contributed by atoms with Crippen molar-refractivity contribution in [2.75, 3.05) is 0 Å². The lowest BCUT2D eigenvalue weighted by molar-refractivity contribution is -0.384. The SMILES string of the molecule is C/C(=N\NC(=O)c1cc(-c2cccc([N+](=O)[O-])c2)n[nH]1)c1ccccc1. The second kappa shape index (κ2) is 7.39. The fourth-order valence-corrected chi connectivity index (χ4v) is 2.30. The lowest BCUT2D eigenvalue weighted by Crippen LogP contribution is -2.19. The molecule has 0 aliphatic rings. The quantitative estimate of drug-likeness (QED) is 0.418. The van der Waals surface area contributed by atoms with E-state index >= 15 is 0 Å². The van der Waals surface area contributed by atoms with Crippen molar-refractivity contribution in [3.05, 3.63) is 82.0 Å². The maximum absolute atomic E-state index is 12.2. The van der Waals surface area contributed by atoms with Crippen LogP contribution in [0.15, 0.2) is 65.8 Å². The van der Waals surface area contributed by atoms with Crippen molar-refractivity contribution in [1.29, 1.82) is 0 Å². The summed E-state index contributed by atoms with van der Waals surface area (Å²) in [5.41, 5.74) is 5.16. The molecule has 0 radical (unpaired) electrons. The first-order valence-electron chi connectivity index (χ1n) is 7.75. The van der Waals surface area contributed by atoms with Crippen molar-refractivity contribution < 1.29 is 9.72 Å². The van der Waals surface area contributed by atoms with Crippen LogP contribution >= 0.6 is 0 Å². The van der Waals surface area contributed by atoms with Gasteiger partial charge in [-0.3, -0.25) is 20.0 Å². The zero-order valence-corrected chi connectivity index (χ0v) is 13.8. The predicted molar refractivity (Wildman–Crippen MR) is 96.8 cm³/mol. The standard InChI is InChI=1S/C18H15N5O3/c1-12(13-6-3-2-4-7-13)19-22-18(24)17-11-16(20-21-17)14-8-5-9-15(10-14)23(25)26/h2-11H,1H3,(H,20,21)(H,22,24)/b19-12+. The highest BCUT2D eigenvalue weighted by Gasteiger charge is 2.13. The number of aromatic nitrogens is 2. The Morgan fingerprint density at radius 1 is 1.15 bits per heavy atom. The number of hydrogen-bond donors (Lipinski definition) is 2. The highest BCUT2D eigenvalue weighted by Crippen LogP contribution is 2.22. The molecule has 0 aliphatic heterocycles. The molecule has 8 nitrogen and oxygen atoms in total. The van der Waals surface area contributed by atoms with Crippen LogP contribution in [0.25, 0.3) is 11.3 Å². The molecule has 0 bridgehead atoms. The Labute approximate surface area is 148 Å². The molecule has 0 aliphatic carbocycles. The maximum atomic E-state index is 12.2. The zero-order chi connectivity index (χ0) is 18.5. The molecule has 0 saturated carbocycles. The summed E-state index contributed by atoms with van der Waals surface area (Å²) in [6.07, 6.45) is 0. The summed E-state index contributed by atoms with van der Waals surface area (Å²) in [6.45, 7) is 1.79. The summed E-state index contributed by atoms with van der Waals surface area (Å²) in [7, 11) is 0. The number of H-pyrrole nitrogens is 1. The molecule has 130 valence electrons. The van der Waals surface area contributed by atoms with Gasteiger partial charge in [-0.25, -0.2) is 5.43 Å². The first-order valence-corrected chi connectivity index (χ1v) is 7.75. The second-order valence-electron chi connectivity index (χ2n) is 5.48. The highest BCUT2D eigenvalue weighted by molar-refractivity contribution is 6.00. The first-order chi connectivity index (χ1) is 12.5. The summed E-state index contributed by atoms with van der Waals surface area (Å²) in [5, 5.41) is 21.6. The molecule has 1 amide bonds. The van der Waals surface area contributed by atoms with Gasteiger partial charge in [-0.2, -0.15) is 10.2 Å². The van der Waals surface area contributed by atoms with Gasteiger partial charge in [0.1, 0.15) is 5.69 Å². The number of nitro groups is 1. The van der Waals surface area contributed by atoms with E-state index in [1.54, 1.807) is 19.1 Å². The van der Waals surface area contributed by atoms with Crippen LogP contribution in [0.5, 0.6) is 0 Å². The van der Waals surface area contributed by atoms with Gasteiger partial charge in [0.15, 0.2) is 0 Å². The number of amides is 1. The number of aromatic amines is 1. The van der Waals surface area contributed by atoms with Crippen LogP contribution in [-0.4, -0.2) is 26.7 Å². The van der Waals surface area contributed by atoms with Gasteiger partial charge >= 0.3 is 0 Å². The van der Waals surface area contributed by atoms with Gasteiger partial charge in [0, 0.05) is 17.7 Å². The van der Waals surface area contributed by atoms with Crippen molar-refractivity contribution >= 4 is 17.3 Å². The number of hydrogen-bond acceptors (Lipinski definition) is 5. The number of nitro benzene ring substituents is 1. The van der Waals surface area contributed by atoms with E-state index < -0.39 is 10.8 Å². The second-order valence-corrected chi connectivity index (χ2v) is 5.48. The summed E-state index contributed by atoms with van der Waals surface area (Å²) < 4.78 is 0. The summed E-state index contributed by atoms with van der Waals surface area (Å²) in [6, 6.07) is 17.0. The molecule has 1 aromatic heterocycles. The Hall–Kier alpha value is -3.81. The average Bonchev–Trinajstić information content (AvgIpc) is 3.17. The number of benzene rings is 2. The van der Waals surface area contributed by atoms with Crippen molar-refractivity contribution in [2.24, 2.45) is 5.10 Å². The Balaban J connectivity index is 1.74. The molecule has 26 heavy (non-hydrogen) atoms. The molecule has 0 fully saturated rings. The third-order valence-corrected chi connectivity index (χ3v) is 3.69. The lowest BCUT2D eigenvalue weighted by atomic mass is 10.1. The highest BCUT2D eigenvalue weighted by atomic mass is 16.6. The minimum atomic E-state index is -0.481. The van der Waals surface area contributed by atoms with Crippen LogP contribution < -0.4 is 5.43 Å². The minimum absolute atomic E-state index is 0.0420. The fraction of sp³-hybridized carbons (Fsp3) is 0.0556. The summed E-state index contributed by atoms with van der Waals surface area (Å²) >= 11 is 0. The van der Waals surface area contributed by atoms with Crippen LogP contribution in [0.4, 0.5) is 5.69 Å². The van der Waals surface area contributed by atoms with Gasteiger partial charge < -0.3 is 0 Å². The lowest BCUT2D eigenvalue weighted by Gasteiger charge is -2.01. The largest absolute Gasteiger partial charge is 0.289 e. The Morgan fingerprint density at radius 2 is 1.92 bits per heavy atom. The van der Waals surface area contributed by atoms with Gasteiger partial charge in [-0.05, 0) is 18.6 Å². The van der Waals surface area contributed by atoms with Crippen molar-refractivity contribution in [1.82, 2.24) is 15.6 Å². The molecule has 0 saturated heterocycles. The summed E-state index contributed by atoms with van der Waals surface area (Å²) in [4.78, 5) is 22.6. The number of carbonyl (C=O) groups excluding carboxylic acids is 1. The van der Waals surface area contributed by atoms with Gasteiger partial charge in [0.05, 0.1) is 16.3 Å². The van der Waals surface area contributed by atoms with Gasteiger partial charge in [-0.15, -0.1) is 0 Å². The van der Waals surface area contributed by atoms with Crippen LogP contribution in [0.1, 0.15) is 23.0 Å². The molecule has 3 rings (SSSR count). The van der Waals surface area contributed by atoms with Crippen molar-refractivity contribution in [2.45, 2.75) is 6.92 Å². The fourth-order valence-electron chi connectivity index (χ4n) is 2.30. The van der Waals surface area contributed by atoms with Crippen LogP contribution in [-0.2, 0) is 0 Å². The molecule has 0 spiro atoms. The van der Waals surface area contributed by atoms with E-state index in [1.807, 2.05) is 30.3 Å². The third-order valence-electron chi connectivity index (χ3n) is 3.69. The topological polar surface area (TPSA) is 113 Å². The van der Waals surface area contributed by atoms with Crippen molar-refractivity contribution in [3.8, 4) is 11.3 Å². The minimum Gasteiger partial charge on any atom is -0.272 e. The van der Waals surface area contributed by atoms with Crippen LogP contribution in [0.3, 0.4) is 0 Å². The molecule has 0 atom stereocenters. The normalized spacial score (nSPS) is 11.2. The molecule has 8 heteroatoms. The summed E-state index contributed by atoms with van der Waals surface area (Å²) in [5.74, 6) is -0.454. The van der Waals surface area contributed by atoms with E-state index in [-0.39, 0.29) is 11.4 Å². The van der Waals surface area contributed by atoms with Gasteiger partial charge in [0.25, 0.3) is 11.6 Å². The van der Waals surface area contributed by atoms with Crippen LogP contribution in [0, 0.1) is 10.1 Å². The Kier molecular flexibility index (Phi) is 4.84. The molecule has 0 unspecified atom stereocenters. The van der Waals surface area contributed by atoms with Crippen molar-refractivity contribution in [3.63, 3.8) is 0 Å². The number of nitrogens with one attached hydrogen (secondary N) is 2. The van der Waals surface area contributed by atoms with E-state index in [0.717, 1.165) is 5.56 Å². The average molecular weight is 349 g/mol. The number of nitrogens with zero attached hydrogens (tertiary/aromatic N) is 3. The zero-order valence-electron chi connectivity index (χ0n) is 13.8. The maximum Gasteiger partial charge on any atom is 0.289 e. The van der Waals surface area contributed by atoms with E-state index in [2.05, 4.69) is 20.7 Å². The van der Waals surface area contributed by atoms with Crippen LogP contribution in [0.2, 0.25) is 0 Å². The van der Waals surface area contributed by atoms with E-state index in [1.165, 1.54) is 18.2 Å². The first kappa shape index (κ1) is 17.0. The molecular weight excluding hydrogens is 334 g/mol. The third kappa shape index (κ3) is 3.81. The monoisotopic (exact) mass is 349 g/mol. The number of carbonyl (C=O) groups is 1. The number of hydrazone groups is 1. The van der Waals surface area contributed by atoms with E-state index in [4.69, 9.17) is 0 Å². The predicted octanol–water partition coefficient (Wildman–Crippen LogP) is 3.14. The number of rotatable bonds is 5. The molecule has 1 heterocycles. The van der Waals surface area contributed by atoms with E-state index in [0.29, 0.717) is 17.0 Å². The van der Waals surface area contributed by atoms with Gasteiger partial charge in [0.2, 0.25) is 0 Å². The number of non-ortho nitro benzene ring substituents is 1. The molecule has 2 N–H and O–H groups in total. The smallest absolute Gasteiger partial charge is 0.272 e. The molecule has 3 aromatic rings. The molecule has 2 aromatic carbocycles. The van der Waals surface area contributed by atoms with Gasteiger partial charge in [-0.1, -0.05) is 42.5 Å². The van der Waals surface area contributed by atoms with E-state index in [9.17, 15) is 14.9 Å².